The molecule has 1 atom stereocenters. The van der Waals surface area contributed by atoms with Gasteiger partial charge < -0.3 is 19.7 Å². The second-order valence-corrected chi connectivity index (χ2v) is 7.96. The highest BCUT2D eigenvalue weighted by molar-refractivity contribution is 6.07. The van der Waals surface area contributed by atoms with Gasteiger partial charge in [-0.3, -0.25) is 15.0 Å². The maximum absolute atomic E-state index is 12.9. The van der Waals surface area contributed by atoms with Crippen LogP contribution in [0.4, 0.5) is 4.79 Å². The highest BCUT2D eigenvalue weighted by Crippen LogP contribution is 2.34. The van der Waals surface area contributed by atoms with Crippen LogP contribution in [0.3, 0.4) is 0 Å². The Kier molecular flexibility index (Phi) is 5.51. The van der Waals surface area contributed by atoms with Crippen molar-refractivity contribution in [3.05, 3.63) is 59.8 Å². The van der Waals surface area contributed by atoms with Crippen LogP contribution in [-0.4, -0.2) is 54.3 Å². The standard InChI is InChI=1S/C24H24N4O4/c1-27(2)12-4-5-16-6-8-18(9-7-16)24(22(30)25-23(31)26-24)15-28-14-17-13-19(32-3)10-11-20(17)21(28)29/h6-11,13-14,29H,12,15H2,1-3H3,(H2,25,26,30,31). The predicted molar refractivity (Wildman–Crippen MR) is 120 cm³/mol. The number of hydrogen-bond acceptors (Lipinski definition) is 5. The molecule has 3 N–H and O–H groups in total. The third kappa shape index (κ3) is 3.86. The van der Waals surface area contributed by atoms with Crippen molar-refractivity contribution in [2.75, 3.05) is 27.7 Å². The number of imide groups is 1. The van der Waals surface area contributed by atoms with E-state index in [1.165, 1.54) is 0 Å². The van der Waals surface area contributed by atoms with Crippen LogP contribution in [0.15, 0.2) is 48.7 Å². The molecule has 1 aliphatic rings. The van der Waals surface area contributed by atoms with Crippen molar-refractivity contribution in [2.24, 2.45) is 0 Å². The SMILES string of the molecule is COc1ccc2c(O)n(CC3(c4ccc(C#CCN(C)C)cc4)NC(=O)NC3=O)cc2c1. The van der Waals surface area contributed by atoms with Gasteiger partial charge in [-0.2, -0.15) is 0 Å². The molecule has 0 radical (unpaired) electrons. The number of urea groups is 1. The van der Waals surface area contributed by atoms with E-state index >= 15 is 0 Å². The van der Waals surface area contributed by atoms with E-state index in [9.17, 15) is 14.7 Å². The molecule has 0 saturated carbocycles. The lowest BCUT2D eigenvalue weighted by Gasteiger charge is -2.27. The van der Waals surface area contributed by atoms with Crippen LogP contribution in [0.5, 0.6) is 11.6 Å². The van der Waals surface area contributed by atoms with E-state index in [1.807, 2.05) is 31.1 Å². The number of nitrogens with zero attached hydrogens (tertiary/aromatic N) is 2. The average molecular weight is 432 g/mol. The van der Waals surface area contributed by atoms with Gasteiger partial charge in [0.15, 0.2) is 11.4 Å². The van der Waals surface area contributed by atoms with Gasteiger partial charge in [0.05, 0.1) is 20.2 Å². The van der Waals surface area contributed by atoms with Gasteiger partial charge in [-0.15, -0.1) is 0 Å². The van der Waals surface area contributed by atoms with Crippen molar-refractivity contribution in [3.8, 4) is 23.5 Å². The number of aromatic nitrogens is 1. The summed E-state index contributed by atoms with van der Waals surface area (Å²) in [6.07, 6.45) is 1.73. The first-order chi connectivity index (χ1) is 15.3. The number of benzene rings is 2. The summed E-state index contributed by atoms with van der Waals surface area (Å²) in [5, 5.41) is 17.2. The normalized spacial score (nSPS) is 17.8. The Morgan fingerprint density at radius 2 is 1.91 bits per heavy atom. The fraction of sp³-hybridized carbons (Fsp3) is 0.250. The highest BCUT2D eigenvalue weighted by Gasteiger charge is 2.48. The summed E-state index contributed by atoms with van der Waals surface area (Å²) in [4.78, 5) is 27.0. The minimum absolute atomic E-state index is 0.00199. The number of fused-ring (bicyclic) bond motifs is 1. The molecule has 1 fully saturated rings. The molecular formula is C24H24N4O4. The van der Waals surface area contributed by atoms with Crippen molar-refractivity contribution in [3.63, 3.8) is 0 Å². The van der Waals surface area contributed by atoms with Gasteiger partial charge in [-0.05, 0) is 50.0 Å². The first-order valence-electron chi connectivity index (χ1n) is 10.1. The number of hydrogen-bond donors (Lipinski definition) is 3. The molecule has 0 aliphatic carbocycles. The largest absolute Gasteiger partial charge is 0.497 e. The summed E-state index contributed by atoms with van der Waals surface area (Å²) in [6, 6.07) is 11.9. The monoisotopic (exact) mass is 432 g/mol. The Balaban J connectivity index is 1.71. The number of methoxy groups -OCH3 is 1. The number of rotatable bonds is 5. The second-order valence-electron chi connectivity index (χ2n) is 7.96. The van der Waals surface area contributed by atoms with Gasteiger partial charge in [0.25, 0.3) is 5.91 Å². The molecule has 3 amide bonds. The lowest BCUT2D eigenvalue weighted by atomic mass is 9.89. The van der Waals surface area contributed by atoms with Crippen LogP contribution >= 0.6 is 0 Å². The van der Waals surface area contributed by atoms with E-state index in [0.29, 0.717) is 23.2 Å². The van der Waals surface area contributed by atoms with Gasteiger partial charge >= 0.3 is 6.03 Å². The molecule has 1 unspecified atom stereocenters. The Morgan fingerprint density at radius 3 is 2.53 bits per heavy atom. The molecule has 2 heterocycles. The fourth-order valence-electron chi connectivity index (χ4n) is 3.77. The zero-order chi connectivity index (χ0) is 22.9. The van der Waals surface area contributed by atoms with Gasteiger partial charge in [0, 0.05) is 22.5 Å². The maximum Gasteiger partial charge on any atom is 0.322 e. The third-order valence-electron chi connectivity index (χ3n) is 5.42. The summed E-state index contributed by atoms with van der Waals surface area (Å²) in [5.41, 5.74) is 0.0226. The van der Waals surface area contributed by atoms with Gasteiger partial charge in [0.2, 0.25) is 0 Å². The Hall–Kier alpha value is -3.96. The van der Waals surface area contributed by atoms with Crippen molar-refractivity contribution in [1.29, 1.82) is 0 Å². The highest BCUT2D eigenvalue weighted by atomic mass is 16.5. The molecule has 8 heteroatoms. The summed E-state index contributed by atoms with van der Waals surface area (Å²) < 4.78 is 6.81. The van der Waals surface area contributed by atoms with Crippen molar-refractivity contribution in [1.82, 2.24) is 20.1 Å². The van der Waals surface area contributed by atoms with E-state index in [4.69, 9.17) is 4.74 Å². The molecule has 32 heavy (non-hydrogen) atoms. The Labute approximate surface area is 185 Å². The van der Waals surface area contributed by atoms with E-state index in [2.05, 4.69) is 22.5 Å². The van der Waals surface area contributed by atoms with Gasteiger partial charge in [-0.25, -0.2) is 4.79 Å². The van der Waals surface area contributed by atoms with Crippen LogP contribution in [0.25, 0.3) is 10.8 Å². The molecule has 0 spiro atoms. The van der Waals surface area contributed by atoms with Gasteiger partial charge in [-0.1, -0.05) is 24.0 Å². The summed E-state index contributed by atoms with van der Waals surface area (Å²) in [6.45, 7) is 0.647. The van der Waals surface area contributed by atoms with Crippen molar-refractivity contribution in [2.45, 2.75) is 12.1 Å². The molecule has 8 nitrogen and oxygen atoms in total. The second kappa shape index (κ2) is 8.29. The first kappa shape index (κ1) is 21.3. The number of nitrogens with one attached hydrogen (secondary N) is 2. The minimum Gasteiger partial charge on any atom is -0.497 e. The van der Waals surface area contributed by atoms with E-state index < -0.39 is 17.5 Å². The number of carbonyl (C=O) groups excluding carboxylic acids is 2. The molecule has 2 aromatic carbocycles. The Bertz CT molecular complexity index is 1250. The average Bonchev–Trinajstić information content (AvgIpc) is 3.23. The zero-order valence-electron chi connectivity index (χ0n) is 18.1. The topological polar surface area (TPSA) is 95.8 Å². The molecule has 1 aliphatic heterocycles. The third-order valence-corrected chi connectivity index (χ3v) is 5.42. The number of carbonyl (C=O) groups is 2. The quantitative estimate of drug-likeness (QED) is 0.423. The maximum atomic E-state index is 12.9. The molecule has 0 bridgehead atoms. The number of aromatic hydroxyl groups is 1. The van der Waals surface area contributed by atoms with Gasteiger partial charge in [0.1, 0.15) is 5.75 Å². The van der Waals surface area contributed by atoms with Crippen LogP contribution in [0.2, 0.25) is 0 Å². The molecule has 164 valence electrons. The van der Waals surface area contributed by atoms with Crippen molar-refractivity contribution < 1.29 is 19.4 Å². The van der Waals surface area contributed by atoms with Crippen LogP contribution in [-0.2, 0) is 16.9 Å². The summed E-state index contributed by atoms with van der Waals surface area (Å²) in [5.74, 6) is 6.32. The molecule has 1 saturated heterocycles. The minimum atomic E-state index is -1.37. The first-order valence-corrected chi connectivity index (χ1v) is 10.1. The van der Waals surface area contributed by atoms with E-state index in [-0.39, 0.29) is 12.4 Å². The molecule has 1 aromatic heterocycles. The Morgan fingerprint density at radius 1 is 1.16 bits per heavy atom. The smallest absolute Gasteiger partial charge is 0.322 e. The lowest BCUT2D eigenvalue weighted by Crippen LogP contribution is -2.47. The molecule has 3 aromatic rings. The zero-order valence-corrected chi connectivity index (χ0v) is 18.1. The molecule has 4 rings (SSSR count). The predicted octanol–water partition coefficient (Wildman–Crippen LogP) is 2.00. The lowest BCUT2D eigenvalue weighted by molar-refractivity contribution is -0.124. The summed E-state index contributed by atoms with van der Waals surface area (Å²) in [7, 11) is 5.46. The fourth-order valence-corrected chi connectivity index (χ4v) is 3.77. The van der Waals surface area contributed by atoms with Crippen molar-refractivity contribution >= 4 is 22.7 Å². The molecular weight excluding hydrogens is 408 g/mol. The van der Waals surface area contributed by atoms with Crippen LogP contribution in [0, 0.1) is 11.8 Å². The van der Waals surface area contributed by atoms with E-state index in [1.54, 1.807) is 48.2 Å². The van der Waals surface area contributed by atoms with E-state index in [0.717, 1.165) is 10.9 Å². The van der Waals surface area contributed by atoms with Crippen LogP contribution < -0.4 is 15.4 Å². The number of ether oxygens (including phenoxy) is 1. The van der Waals surface area contributed by atoms with Crippen LogP contribution in [0.1, 0.15) is 11.1 Å². The summed E-state index contributed by atoms with van der Waals surface area (Å²) >= 11 is 0. The number of amides is 3.